The van der Waals surface area contributed by atoms with Crippen LogP contribution in [0.15, 0.2) is 60.7 Å². The number of pyridine rings is 1. The maximum atomic E-state index is 12.8. The Morgan fingerprint density at radius 3 is 2.68 bits per heavy atom. The quantitative estimate of drug-likeness (QED) is 0.801. The molecule has 1 N–H and O–H groups in total. The summed E-state index contributed by atoms with van der Waals surface area (Å²) in [6.07, 6.45) is 0.715. The second-order valence-electron chi connectivity index (χ2n) is 6.00. The van der Waals surface area contributed by atoms with Gasteiger partial charge in [-0.2, -0.15) is 5.26 Å². The van der Waals surface area contributed by atoms with Crippen LogP contribution in [0.4, 0.5) is 11.4 Å². The summed E-state index contributed by atoms with van der Waals surface area (Å²) < 4.78 is 0. The molecule has 1 aliphatic rings. The SMILES string of the molecule is N#Cc1cc(NC2CCN(c3ccccc3)C2=O)c2ccccc2n1. The van der Waals surface area contributed by atoms with Crippen LogP contribution in [0.2, 0.25) is 0 Å². The molecule has 1 aliphatic heterocycles. The molecule has 122 valence electrons. The average Bonchev–Trinajstić information content (AvgIpc) is 3.02. The van der Waals surface area contributed by atoms with Gasteiger partial charge in [0.2, 0.25) is 5.91 Å². The number of hydrogen-bond donors (Lipinski definition) is 1. The molecule has 2 aromatic carbocycles. The highest BCUT2D eigenvalue weighted by atomic mass is 16.2. The number of amides is 1. The van der Waals surface area contributed by atoms with Gasteiger partial charge < -0.3 is 10.2 Å². The topological polar surface area (TPSA) is 69.0 Å². The van der Waals surface area contributed by atoms with Gasteiger partial charge in [0.15, 0.2) is 0 Å². The molecule has 1 aromatic heterocycles. The van der Waals surface area contributed by atoms with Crippen LogP contribution in [-0.2, 0) is 4.79 Å². The molecule has 25 heavy (non-hydrogen) atoms. The summed E-state index contributed by atoms with van der Waals surface area (Å²) >= 11 is 0. The standard InChI is InChI=1S/C20H16N4O/c21-13-14-12-19(16-8-4-5-9-17(16)22-14)23-18-10-11-24(20(18)25)15-6-2-1-3-7-15/h1-9,12,18H,10-11H2,(H,22,23). The lowest BCUT2D eigenvalue weighted by molar-refractivity contribution is -0.117. The number of carbonyl (C=O) groups is 1. The molecule has 1 unspecified atom stereocenters. The number of nitrogens with one attached hydrogen (secondary N) is 1. The molecule has 3 aromatic rings. The Bertz CT molecular complexity index is 978. The lowest BCUT2D eigenvalue weighted by Gasteiger charge is -2.18. The molecule has 0 radical (unpaired) electrons. The highest BCUT2D eigenvalue weighted by Gasteiger charge is 2.32. The van der Waals surface area contributed by atoms with Crippen molar-refractivity contribution in [3.63, 3.8) is 0 Å². The lowest BCUT2D eigenvalue weighted by atomic mass is 10.1. The van der Waals surface area contributed by atoms with Gasteiger partial charge in [0.05, 0.1) is 5.52 Å². The van der Waals surface area contributed by atoms with Crippen molar-refractivity contribution in [3.05, 3.63) is 66.4 Å². The second-order valence-corrected chi connectivity index (χ2v) is 6.00. The molecular formula is C20H16N4O. The number of carbonyl (C=O) groups excluding carboxylic acids is 1. The van der Waals surface area contributed by atoms with Crippen LogP contribution in [0.25, 0.3) is 10.9 Å². The zero-order chi connectivity index (χ0) is 17.2. The average molecular weight is 328 g/mol. The number of fused-ring (bicyclic) bond motifs is 1. The molecule has 4 rings (SSSR count). The third-order valence-electron chi connectivity index (χ3n) is 4.43. The summed E-state index contributed by atoms with van der Waals surface area (Å²) in [4.78, 5) is 18.9. The van der Waals surface area contributed by atoms with Crippen molar-refractivity contribution in [3.8, 4) is 6.07 Å². The summed E-state index contributed by atoms with van der Waals surface area (Å²) in [6.45, 7) is 0.675. The Balaban J connectivity index is 1.64. The van der Waals surface area contributed by atoms with Gasteiger partial charge in [0.25, 0.3) is 0 Å². The van der Waals surface area contributed by atoms with E-state index in [-0.39, 0.29) is 11.9 Å². The van der Waals surface area contributed by atoms with Crippen molar-refractivity contribution in [2.75, 3.05) is 16.8 Å². The molecule has 1 atom stereocenters. The van der Waals surface area contributed by atoms with E-state index in [0.717, 1.165) is 22.3 Å². The minimum atomic E-state index is -0.308. The molecule has 5 nitrogen and oxygen atoms in total. The van der Waals surface area contributed by atoms with Crippen LogP contribution in [0, 0.1) is 11.3 Å². The summed E-state index contributed by atoms with van der Waals surface area (Å²) in [5.74, 6) is 0.0469. The lowest BCUT2D eigenvalue weighted by Crippen LogP contribution is -2.33. The van der Waals surface area contributed by atoms with Crippen molar-refractivity contribution in [1.82, 2.24) is 4.98 Å². The van der Waals surface area contributed by atoms with Gasteiger partial charge in [-0.25, -0.2) is 4.98 Å². The van der Waals surface area contributed by atoms with Gasteiger partial charge in [0, 0.05) is 23.3 Å². The maximum absolute atomic E-state index is 12.8. The first-order valence-corrected chi connectivity index (χ1v) is 8.19. The van der Waals surface area contributed by atoms with Gasteiger partial charge in [-0.3, -0.25) is 4.79 Å². The zero-order valence-electron chi connectivity index (χ0n) is 13.5. The minimum absolute atomic E-state index is 0.0469. The summed E-state index contributed by atoms with van der Waals surface area (Å²) in [5.41, 5.74) is 2.77. The van der Waals surface area contributed by atoms with Crippen LogP contribution in [0.3, 0.4) is 0 Å². The molecule has 5 heteroatoms. The van der Waals surface area contributed by atoms with Crippen LogP contribution >= 0.6 is 0 Å². The first kappa shape index (κ1) is 15.2. The number of nitriles is 1. The summed E-state index contributed by atoms with van der Waals surface area (Å²) in [5, 5.41) is 13.4. The first-order valence-electron chi connectivity index (χ1n) is 8.19. The molecule has 1 amide bonds. The molecule has 2 heterocycles. The van der Waals surface area contributed by atoms with Crippen molar-refractivity contribution in [2.45, 2.75) is 12.5 Å². The van der Waals surface area contributed by atoms with E-state index in [1.54, 1.807) is 11.0 Å². The monoisotopic (exact) mass is 328 g/mol. The molecule has 0 spiro atoms. The molecule has 0 aliphatic carbocycles. The molecular weight excluding hydrogens is 312 g/mol. The van der Waals surface area contributed by atoms with E-state index < -0.39 is 0 Å². The van der Waals surface area contributed by atoms with Crippen LogP contribution in [0.1, 0.15) is 12.1 Å². The van der Waals surface area contributed by atoms with E-state index in [0.29, 0.717) is 18.7 Å². The molecule has 0 saturated carbocycles. The minimum Gasteiger partial charge on any atom is -0.373 e. The van der Waals surface area contributed by atoms with Crippen LogP contribution < -0.4 is 10.2 Å². The number of nitrogens with zero attached hydrogens (tertiary/aromatic N) is 3. The zero-order valence-corrected chi connectivity index (χ0v) is 13.5. The Hall–Kier alpha value is -3.39. The Labute approximate surface area is 145 Å². The predicted molar refractivity (Wildman–Crippen MR) is 97.3 cm³/mol. The summed E-state index contributed by atoms with van der Waals surface area (Å²) in [6, 6.07) is 20.8. The summed E-state index contributed by atoms with van der Waals surface area (Å²) in [7, 11) is 0. The van der Waals surface area contributed by atoms with Crippen LogP contribution in [0.5, 0.6) is 0 Å². The fourth-order valence-electron chi connectivity index (χ4n) is 3.22. The fraction of sp³-hybridized carbons (Fsp3) is 0.150. The van der Waals surface area contributed by atoms with E-state index in [1.165, 1.54) is 0 Å². The number of para-hydroxylation sites is 2. The number of anilines is 2. The van der Waals surface area contributed by atoms with Gasteiger partial charge in [-0.05, 0) is 30.7 Å². The van der Waals surface area contributed by atoms with E-state index in [4.69, 9.17) is 0 Å². The largest absolute Gasteiger partial charge is 0.373 e. The Morgan fingerprint density at radius 1 is 1.12 bits per heavy atom. The van der Waals surface area contributed by atoms with E-state index in [9.17, 15) is 10.1 Å². The predicted octanol–water partition coefficient (Wildman–Crippen LogP) is 3.32. The number of hydrogen-bond acceptors (Lipinski definition) is 4. The molecule has 0 bridgehead atoms. The second kappa shape index (κ2) is 6.25. The van der Waals surface area contributed by atoms with E-state index >= 15 is 0 Å². The molecule has 1 saturated heterocycles. The first-order chi connectivity index (χ1) is 12.3. The molecule has 1 fully saturated rings. The van der Waals surface area contributed by atoms with Gasteiger partial charge in [-0.15, -0.1) is 0 Å². The maximum Gasteiger partial charge on any atom is 0.249 e. The van der Waals surface area contributed by atoms with Crippen molar-refractivity contribution >= 4 is 28.2 Å². The van der Waals surface area contributed by atoms with Gasteiger partial charge >= 0.3 is 0 Å². The van der Waals surface area contributed by atoms with Crippen molar-refractivity contribution < 1.29 is 4.79 Å². The van der Waals surface area contributed by atoms with Crippen LogP contribution in [-0.4, -0.2) is 23.5 Å². The number of benzene rings is 2. The van der Waals surface area contributed by atoms with E-state index in [2.05, 4.69) is 16.4 Å². The van der Waals surface area contributed by atoms with Crippen molar-refractivity contribution in [2.24, 2.45) is 0 Å². The Morgan fingerprint density at radius 2 is 1.88 bits per heavy atom. The normalized spacial score (nSPS) is 16.8. The van der Waals surface area contributed by atoms with Crippen molar-refractivity contribution in [1.29, 1.82) is 5.26 Å². The van der Waals surface area contributed by atoms with E-state index in [1.807, 2.05) is 54.6 Å². The number of rotatable bonds is 3. The third-order valence-corrected chi connectivity index (χ3v) is 4.43. The third kappa shape index (κ3) is 2.79. The fourth-order valence-corrected chi connectivity index (χ4v) is 3.22. The smallest absolute Gasteiger partial charge is 0.249 e. The van der Waals surface area contributed by atoms with Gasteiger partial charge in [-0.1, -0.05) is 36.4 Å². The highest BCUT2D eigenvalue weighted by molar-refractivity contribution is 6.02. The highest BCUT2D eigenvalue weighted by Crippen LogP contribution is 2.27. The Kier molecular flexibility index (Phi) is 3.79. The van der Waals surface area contributed by atoms with Gasteiger partial charge in [0.1, 0.15) is 17.8 Å². The number of aromatic nitrogens is 1.